The van der Waals surface area contributed by atoms with Gasteiger partial charge in [-0.25, -0.2) is 9.97 Å². The molecular weight excluding hydrogens is 288 g/mol. The fraction of sp³-hybridized carbons (Fsp3) is 0.333. The van der Waals surface area contributed by atoms with E-state index in [0.29, 0.717) is 0 Å². The molecule has 0 saturated carbocycles. The molecule has 0 spiro atoms. The topological polar surface area (TPSA) is 54.2 Å². The van der Waals surface area contributed by atoms with E-state index in [1.807, 2.05) is 24.3 Å². The summed E-state index contributed by atoms with van der Waals surface area (Å²) < 4.78 is 2.08. The zero-order valence-corrected chi connectivity index (χ0v) is 13.2. The maximum atomic E-state index is 9.87. The van der Waals surface area contributed by atoms with Crippen LogP contribution in [0.25, 0.3) is 16.9 Å². The normalized spacial score (nSPS) is 19.3. The van der Waals surface area contributed by atoms with E-state index in [1.165, 1.54) is 12.8 Å². The molecule has 2 aromatic heterocycles. The number of phenolic OH excluding ortho intramolecular Hbond substituents is 1. The van der Waals surface area contributed by atoms with E-state index in [0.717, 1.165) is 35.6 Å². The quantitative estimate of drug-likeness (QED) is 0.789. The van der Waals surface area contributed by atoms with Gasteiger partial charge in [-0.15, -0.1) is 0 Å². The number of fused-ring (bicyclic) bond motifs is 1. The van der Waals surface area contributed by atoms with Crippen molar-refractivity contribution in [1.29, 1.82) is 0 Å². The minimum absolute atomic E-state index is 0.253. The van der Waals surface area contributed by atoms with Gasteiger partial charge in [0.05, 0.1) is 11.7 Å². The maximum Gasteiger partial charge on any atom is 0.164 e. The van der Waals surface area contributed by atoms with E-state index in [9.17, 15) is 5.11 Å². The Morgan fingerprint density at radius 2 is 2.09 bits per heavy atom. The molecule has 118 valence electrons. The molecule has 1 fully saturated rings. The number of imidazole rings is 1. The SMILES string of the molecule is CN1CCCCC1c1nc2cccnc2n1-c1cccc(O)c1. The molecular formula is C18H20N4O. The second kappa shape index (κ2) is 5.66. The van der Waals surface area contributed by atoms with Crippen LogP contribution in [0.2, 0.25) is 0 Å². The Labute approximate surface area is 135 Å². The Bertz CT molecular complexity index is 842. The highest BCUT2D eigenvalue weighted by Gasteiger charge is 2.27. The van der Waals surface area contributed by atoms with Crippen LogP contribution in [0.5, 0.6) is 5.75 Å². The van der Waals surface area contributed by atoms with Crippen molar-refractivity contribution in [2.45, 2.75) is 25.3 Å². The summed E-state index contributed by atoms with van der Waals surface area (Å²) in [5.41, 5.74) is 2.64. The predicted molar refractivity (Wildman–Crippen MR) is 89.8 cm³/mol. The van der Waals surface area contributed by atoms with Crippen LogP contribution in [0.4, 0.5) is 0 Å². The Balaban J connectivity index is 1.94. The number of pyridine rings is 1. The first-order valence-corrected chi connectivity index (χ1v) is 8.07. The van der Waals surface area contributed by atoms with E-state index in [1.54, 1.807) is 18.3 Å². The molecule has 4 rings (SSSR count). The Morgan fingerprint density at radius 3 is 2.91 bits per heavy atom. The van der Waals surface area contributed by atoms with Gasteiger partial charge in [-0.3, -0.25) is 9.47 Å². The summed E-state index contributed by atoms with van der Waals surface area (Å²) in [5.74, 6) is 1.26. The maximum absolute atomic E-state index is 9.87. The lowest BCUT2D eigenvalue weighted by Gasteiger charge is -2.32. The summed E-state index contributed by atoms with van der Waals surface area (Å²) in [4.78, 5) is 11.8. The Kier molecular flexibility index (Phi) is 3.50. The number of likely N-dealkylation sites (tertiary alicyclic amines) is 1. The van der Waals surface area contributed by atoms with E-state index in [-0.39, 0.29) is 11.8 Å². The summed E-state index contributed by atoms with van der Waals surface area (Å²) in [7, 11) is 2.16. The number of nitrogens with zero attached hydrogens (tertiary/aromatic N) is 4. The highest BCUT2D eigenvalue weighted by atomic mass is 16.3. The first kappa shape index (κ1) is 14.2. The predicted octanol–water partition coefficient (Wildman–Crippen LogP) is 3.28. The average molecular weight is 308 g/mol. The molecule has 1 aliphatic rings. The number of hydrogen-bond acceptors (Lipinski definition) is 4. The molecule has 1 aromatic carbocycles. The molecule has 0 radical (unpaired) electrons. The van der Waals surface area contributed by atoms with Crippen molar-refractivity contribution in [1.82, 2.24) is 19.4 Å². The van der Waals surface area contributed by atoms with Crippen LogP contribution < -0.4 is 0 Å². The first-order chi connectivity index (χ1) is 11.2. The van der Waals surface area contributed by atoms with E-state index < -0.39 is 0 Å². The molecule has 1 saturated heterocycles. The molecule has 1 N–H and O–H groups in total. The van der Waals surface area contributed by atoms with Crippen molar-refractivity contribution in [3.05, 3.63) is 48.4 Å². The van der Waals surface area contributed by atoms with Gasteiger partial charge in [0.25, 0.3) is 0 Å². The van der Waals surface area contributed by atoms with Gasteiger partial charge in [-0.05, 0) is 50.7 Å². The van der Waals surface area contributed by atoms with Crippen molar-refractivity contribution >= 4 is 11.2 Å². The molecule has 23 heavy (non-hydrogen) atoms. The number of hydrogen-bond donors (Lipinski definition) is 1. The van der Waals surface area contributed by atoms with Crippen LogP contribution in [0.1, 0.15) is 31.1 Å². The highest BCUT2D eigenvalue weighted by molar-refractivity contribution is 5.74. The number of rotatable bonds is 2. The number of aromatic nitrogens is 3. The zero-order valence-electron chi connectivity index (χ0n) is 13.2. The van der Waals surface area contributed by atoms with Gasteiger partial charge < -0.3 is 5.11 Å². The van der Waals surface area contributed by atoms with Crippen LogP contribution in [0.15, 0.2) is 42.6 Å². The van der Waals surface area contributed by atoms with Crippen molar-refractivity contribution in [2.24, 2.45) is 0 Å². The highest BCUT2D eigenvalue weighted by Crippen LogP contribution is 2.33. The van der Waals surface area contributed by atoms with Gasteiger partial charge >= 0.3 is 0 Å². The van der Waals surface area contributed by atoms with Crippen LogP contribution >= 0.6 is 0 Å². The zero-order chi connectivity index (χ0) is 15.8. The minimum Gasteiger partial charge on any atom is -0.508 e. The third-order valence-electron chi connectivity index (χ3n) is 4.60. The Hall–Kier alpha value is -2.40. The summed E-state index contributed by atoms with van der Waals surface area (Å²) in [5, 5.41) is 9.87. The van der Waals surface area contributed by atoms with Crippen LogP contribution in [0.3, 0.4) is 0 Å². The first-order valence-electron chi connectivity index (χ1n) is 8.07. The van der Waals surface area contributed by atoms with Crippen LogP contribution in [-0.4, -0.2) is 38.1 Å². The molecule has 5 heteroatoms. The van der Waals surface area contributed by atoms with Crippen molar-refractivity contribution in [3.63, 3.8) is 0 Å². The fourth-order valence-corrected chi connectivity index (χ4v) is 3.44. The molecule has 0 bridgehead atoms. The van der Waals surface area contributed by atoms with E-state index in [2.05, 4.69) is 21.5 Å². The molecule has 3 aromatic rings. The largest absolute Gasteiger partial charge is 0.508 e. The minimum atomic E-state index is 0.253. The lowest BCUT2D eigenvalue weighted by Crippen LogP contribution is -2.31. The average Bonchev–Trinajstić information content (AvgIpc) is 2.94. The molecule has 1 aliphatic heterocycles. The van der Waals surface area contributed by atoms with Gasteiger partial charge in [0.2, 0.25) is 0 Å². The molecule has 1 atom stereocenters. The Morgan fingerprint density at radius 1 is 1.17 bits per heavy atom. The monoisotopic (exact) mass is 308 g/mol. The van der Waals surface area contributed by atoms with Gasteiger partial charge in [0.15, 0.2) is 5.65 Å². The molecule has 5 nitrogen and oxygen atoms in total. The van der Waals surface area contributed by atoms with E-state index >= 15 is 0 Å². The lowest BCUT2D eigenvalue weighted by molar-refractivity contribution is 0.178. The van der Waals surface area contributed by atoms with Gasteiger partial charge in [0.1, 0.15) is 17.1 Å². The van der Waals surface area contributed by atoms with Crippen LogP contribution in [0, 0.1) is 0 Å². The summed E-state index contributed by atoms with van der Waals surface area (Å²) in [6.07, 6.45) is 5.33. The fourth-order valence-electron chi connectivity index (χ4n) is 3.44. The van der Waals surface area contributed by atoms with Gasteiger partial charge in [-0.2, -0.15) is 0 Å². The number of phenols is 1. The number of piperidine rings is 1. The molecule has 0 amide bonds. The van der Waals surface area contributed by atoms with E-state index in [4.69, 9.17) is 4.98 Å². The van der Waals surface area contributed by atoms with Gasteiger partial charge in [0, 0.05) is 12.3 Å². The van der Waals surface area contributed by atoms with Crippen molar-refractivity contribution in [3.8, 4) is 11.4 Å². The standard InChI is InChI=1S/C18H20N4O/c1-21-11-3-2-9-16(21)18-20-15-8-5-10-19-17(15)22(18)13-6-4-7-14(23)12-13/h4-8,10,12,16,23H,2-3,9,11H2,1H3. The lowest BCUT2D eigenvalue weighted by atomic mass is 10.0. The molecule has 1 unspecified atom stereocenters. The molecule has 3 heterocycles. The van der Waals surface area contributed by atoms with Crippen LogP contribution in [-0.2, 0) is 0 Å². The summed E-state index contributed by atoms with van der Waals surface area (Å²) in [6, 6.07) is 11.5. The number of benzene rings is 1. The second-order valence-corrected chi connectivity index (χ2v) is 6.16. The second-order valence-electron chi connectivity index (χ2n) is 6.16. The smallest absolute Gasteiger partial charge is 0.164 e. The summed E-state index contributed by atoms with van der Waals surface area (Å²) in [6.45, 7) is 1.08. The third-order valence-corrected chi connectivity index (χ3v) is 4.60. The van der Waals surface area contributed by atoms with Crippen molar-refractivity contribution < 1.29 is 5.11 Å². The summed E-state index contributed by atoms with van der Waals surface area (Å²) >= 11 is 0. The van der Waals surface area contributed by atoms with Gasteiger partial charge in [-0.1, -0.05) is 12.5 Å². The third kappa shape index (κ3) is 2.47. The number of aromatic hydroxyl groups is 1. The van der Waals surface area contributed by atoms with Crippen molar-refractivity contribution in [2.75, 3.05) is 13.6 Å². The molecule has 0 aliphatic carbocycles.